The van der Waals surface area contributed by atoms with E-state index in [2.05, 4.69) is 31.2 Å². The maximum atomic E-state index is 13.5. The van der Waals surface area contributed by atoms with Gasteiger partial charge >= 0.3 is 0 Å². The minimum atomic E-state index is -0.139. The molecule has 7 heteroatoms. The summed E-state index contributed by atoms with van der Waals surface area (Å²) in [7, 11) is 0. The van der Waals surface area contributed by atoms with Crippen molar-refractivity contribution in [3.63, 3.8) is 0 Å². The van der Waals surface area contributed by atoms with E-state index in [0.29, 0.717) is 9.23 Å². The summed E-state index contributed by atoms with van der Waals surface area (Å²) in [6.07, 6.45) is 3.90. The molecular formula is C29H25N3OS3. The minimum Gasteiger partial charge on any atom is -0.286 e. The molecule has 1 atom stereocenters. The topological polar surface area (TPSA) is 38.1 Å². The Morgan fingerprint density at radius 3 is 2.33 bits per heavy atom. The molecule has 0 unspecified atom stereocenters. The molecule has 0 radical (unpaired) electrons. The highest BCUT2D eigenvalue weighted by Gasteiger charge is 2.36. The molecule has 0 bridgehead atoms. The van der Waals surface area contributed by atoms with E-state index < -0.39 is 0 Å². The second-order valence-corrected chi connectivity index (χ2v) is 11.3. The summed E-state index contributed by atoms with van der Waals surface area (Å²) < 4.78 is 2.43. The molecule has 5 rings (SSSR count). The Labute approximate surface area is 225 Å². The third-order valence-electron chi connectivity index (χ3n) is 5.98. The van der Waals surface area contributed by atoms with Crippen LogP contribution in [0.1, 0.15) is 31.0 Å². The first kappa shape index (κ1) is 24.6. The first-order chi connectivity index (χ1) is 17.5. The fraction of sp³-hybridized carbons (Fsp3) is 0.138. The summed E-state index contributed by atoms with van der Waals surface area (Å²) >= 11 is 8.79. The zero-order valence-electron chi connectivity index (χ0n) is 20.0. The van der Waals surface area contributed by atoms with Crippen molar-refractivity contribution in [2.45, 2.75) is 24.8 Å². The summed E-state index contributed by atoms with van der Waals surface area (Å²) in [6.45, 7) is 4.16. The average molecular weight is 528 g/mol. The van der Waals surface area contributed by atoms with Gasteiger partial charge in [-0.25, -0.2) is 4.68 Å². The Hall–Kier alpha value is -3.13. The van der Waals surface area contributed by atoms with Crippen molar-refractivity contribution in [2.75, 3.05) is 5.75 Å². The zero-order chi connectivity index (χ0) is 25.1. The number of hydrogen-bond acceptors (Lipinski definition) is 5. The van der Waals surface area contributed by atoms with E-state index in [4.69, 9.17) is 17.3 Å². The normalized spacial score (nSPS) is 15.6. The van der Waals surface area contributed by atoms with Gasteiger partial charge in [0.2, 0.25) is 0 Å². The van der Waals surface area contributed by atoms with E-state index >= 15 is 0 Å². The van der Waals surface area contributed by atoms with Gasteiger partial charge in [0.1, 0.15) is 4.32 Å². The second-order valence-electron chi connectivity index (χ2n) is 8.31. The Morgan fingerprint density at radius 1 is 1.00 bits per heavy atom. The second kappa shape index (κ2) is 10.9. The monoisotopic (exact) mass is 527 g/mol. The van der Waals surface area contributed by atoms with Gasteiger partial charge in [-0.05, 0) is 48.6 Å². The molecule has 1 amide bonds. The average Bonchev–Trinajstić information content (AvgIpc) is 3.45. The molecule has 4 aromatic rings. The van der Waals surface area contributed by atoms with Crippen LogP contribution >= 0.6 is 35.7 Å². The molecule has 0 saturated carbocycles. The van der Waals surface area contributed by atoms with Gasteiger partial charge in [-0.3, -0.25) is 9.69 Å². The van der Waals surface area contributed by atoms with E-state index in [-0.39, 0.29) is 11.9 Å². The molecule has 3 aromatic carbocycles. The van der Waals surface area contributed by atoms with Crippen LogP contribution < -0.4 is 0 Å². The van der Waals surface area contributed by atoms with Crippen LogP contribution in [0.3, 0.4) is 0 Å². The van der Waals surface area contributed by atoms with E-state index in [9.17, 15) is 4.79 Å². The molecular weight excluding hydrogens is 503 g/mol. The maximum absolute atomic E-state index is 13.5. The van der Waals surface area contributed by atoms with Crippen molar-refractivity contribution in [3.8, 4) is 16.9 Å². The van der Waals surface area contributed by atoms with Crippen LogP contribution in [0.5, 0.6) is 0 Å². The maximum Gasteiger partial charge on any atom is 0.266 e. The van der Waals surface area contributed by atoms with Crippen LogP contribution in [0.25, 0.3) is 23.0 Å². The summed E-state index contributed by atoms with van der Waals surface area (Å²) in [5.41, 5.74) is 4.72. The lowest BCUT2D eigenvalue weighted by Crippen LogP contribution is -2.30. The molecule has 2 heterocycles. The molecule has 4 nitrogen and oxygen atoms in total. The number of carbonyl (C=O) groups is 1. The molecule has 1 aromatic heterocycles. The number of carbonyl (C=O) groups excluding carboxylic acids is 1. The number of aromatic nitrogens is 2. The Balaban J connectivity index is 1.53. The van der Waals surface area contributed by atoms with E-state index in [0.717, 1.165) is 33.8 Å². The molecule has 0 N–H and O–H groups in total. The Morgan fingerprint density at radius 2 is 1.67 bits per heavy atom. The predicted molar refractivity (Wildman–Crippen MR) is 155 cm³/mol. The molecule has 1 aliphatic rings. The highest BCUT2D eigenvalue weighted by molar-refractivity contribution is 8.26. The fourth-order valence-electron chi connectivity index (χ4n) is 4.14. The van der Waals surface area contributed by atoms with Crippen molar-refractivity contribution >= 4 is 52.0 Å². The number of nitrogens with zero attached hydrogens (tertiary/aromatic N) is 3. The van der Waals surface area contributed by atoms with Crippen LogP contribution in [0.2, 0.25) is 0 Å². The van der Waals surface area contributed by atoms with Gasteiger partial charge in [0, 0.05) is 22.2 Å². The van der Waals surface area contributed by atoms with Crippen molar-refractivity contribution in [1.29, 1.82) is 0 Å². The Bertz CT molecular complexity index is 1410. The number of thioether (sulfide) groups is 2. The zero-order valence-corrected chi connectivity index (χ0v) is 22.4. The van der Waals surface area contributed by atoms with Gasteiger partial charge < -0.3 is 0 Å². The molecule has 1 aliphatic heterocycles. The molecule has 1 fully saturated rings. The number of para-hydroxylation sites is 1. The fourth-order valence-corrected chi connectivity index (χ4v) is 6.21. The minimum absolute atomic E-state index is 0.0746. The smallest absolute Gasteiger partial charge is 0.266 e. The SMILES string of the molecule is CCSc1ccc(-c2nn(-c3ccccc3)cc2/C=C2\SC(=S)N([C@H](C)c3ccccc3)C2=O)cc1. The van der Waals surface area contributed by atoms with E-state index in [1.54, 1.807) is 4.90 Å². The van der Waals surface area contributed by atoms with Crippen molar-refractivity contribution in [2.24, 2.45) is 0 Å². The number of rotatable bonds is 7. The molecule has 36 heavy (non-hydrogen) atoms. The number of amides is 1. The lowest BCUT2D eigenvalue weighted by atomic mass is 10.1. The van der Waals surface area contributed by atoms with Crippen LogP contribution in [0.15, 0.2) is 101 Å². The lowest BCUT2D eigenvalue weighted by Gasteiger charge is -2.23. The highest BCUT2D eigenvalue weighted by atomic mass is 32.2. The number of hydrogen-bond donors (Lipinski definition) is 0. The number of benzene rings is 3. The molecule has 180 valence electrons. The molecule has 0 aliphatic carbocycles. The van der Waals surface area contributed by atoms with Gasteiger partial charge in [-0.15, -0.1) is 11.8 Å². The van der Waals surface area contributed by atoms with Crippen LogP contribution in [-0.2, 0) is 4.79 Å². The van der Waals surface area contributed by atoms with Crippen molar-refractivity contribution < 1.29 is 4.79 Å². The van der Waals surface area contributed by atoms with Gasteiger partial charge in [-0.2, -0.15) is 5.10 Å². The number of thiocarbonyl (C=S) groups is 1. The largest absolute Gasteiger partial charge is 0.286 e. The van der Waals surface area contributed by atoms with Gasteiger partial charge in [-0.1, -0.05) is 91.6 Å². The first-order valence-electron chi connectivity index (χ1n) is 11.8. The Kier molecular flexibility index (Phi) is 7.41. The van der Waals surface area contributed by atoms with Crippen LogP contribution in [0, 0.1) is 0 Å². The predicted octanol–water partition coefficient (Wildman–Crippen LogP) is 7.61. The third-order valence-corrected chi connectivity index (χ3v) is 8.21. The quantitative estimate of drug-likeness (QED) is 0.140. The van der Waals surface area contributed by atoms with Crippen LogP contribution in [0.4, 0.5) is 0 Å². The lowest BCUT2D eigenvalue weighted by molar-refractivity contribution is -0.123. The van der Waals surface area contributed by atoms with Gasteiger partial charge in [0.25, 0.3) is 5.91 Å². The summed E-state index contributed by atoms with van der Waals surface area (Å²) in [5, 5.41) is 4.91. The standard InChI is InChI=1S/C29H25N3OS3/c1-3-35-25-16-14-22(15-17-25)27-23(19-31(30-27)24-12-8-5-9-13-24)18-26-28(33)32(29(34)36-26)20(2)21-10-6-4-7-11-21/h4-20H,3H2,1-2H3/b26-18-/t20-/m1/s1. The highest BCUT2D eigenvalue weighted by Crippen LogP contribution is 2.39. The van der Waals surface area contributed by atoms with Crippen LogP contribution in [-0.4, -0.2) is 30.7 Å². The summed E-state index contributed by atoms with van der Waals surface area (Å²) in [5.74, 6) is 0.950. The molecule has 0 spiro atoms. The summed E-state index contributed by atoms with van der Waals surface area (Å²) in [6, 6.07) is 28.3. The third kappa shape index (κ3) is 5.05. The van der Waals surface area contributed by atoms with E-state index in [1.165, 1.54) is 16.7 Å². The van der Waals surface area contributed by atoms with Crippen molar-refractivity contribution in [1.82, 2.24) is 14.7 Å². The van der Waals surface area contributed by atoms with E-state index in [1.807, 2.05) is 96.3 Å². The van der Waals surface area contributed by atoms with Gasteiger partial charge in [0.15, 0.2) is 0 Å². The summed E-state index contributed by atoms with van der Waals surface area (Å²) in [4.78, 5) is 17.0. The van der Waals surface area contributed by atoms with Gasteiger partial charge in [0.05, 0.1) is 22.3 Å². The first-order valence-corrected chi connectivity index (χ1v) is 14.0. The molecule has 1 saturated heterocycles. The van der Waals surface area contributed by atoms with Crippen molar-refractivity contribution in [3.05, 3.63) is 107 Å².